The van der Waals surface area contributed by atoms with Crippen LogP contribution in [0.4, 0.5) is 5.69 Å². The second-order valence-electron chi connectivity index (χ2n) is 4.45. The number of hydrogen-bond donors (Lipinski definition) is 2. The largest absolute Gasteiger partial charge is 0.390 e. The number of aryl methyl sites for hydroxylation is 1. The van der Waals surface area contributed by atoms with Gasteiger partial charge in [-0.1, -0.05) is 0 Å². The van der Waals surface area contributed by atoms with Gasteiger partial charge < -0.3 is 9.67 Å². The highest BCUT2D eigenvalue weighted by molar-refractivity contribution is 7.98. The molecule has 0 atom stereocenters. The molecule has 1 aromatic carbocycles. The van der Waals surface area contributed by atoms with Gasteiger partial charge in [0.05, 0.1) is 6.61 Å². The molecule has 0 radical (unpaired) electrons. The summed E-state index contributed by atoms with van der Waals surface area (Å²) in [6.45, 7) is 2.31. The zero-order chi connectivity index (χ0) is 15.5. The number of thioether (sulfide) groups is 1. The SMILES string of the molecule is CCn1cc(S(=O)(=O)Nc2ccc(SC)cc2)cc1CO. The molecule has 0 aliphatic carbocycles. The zero-order valence-electron chi connectivity index (χ0n) is 11.9. The van der Waals surface area contributed by atoms with Crippen molar-refractivity contribution in [2.24, 2.45) is 0 Å². The maximum absolute atomic E-state index is 12.3. The van der Waals surface area contributed by atoms with Gasteiger partial charge in [0.1, 0.15) is 4.90 Å². The van der Waals surface area contributed by atoms with Gasteiger partial charge in [0, 0.05) is 29.0 Å². The number of nitrogens with zero attached hydrogens (tertiary/aromatic N) is 1. The summed E-state index contributed by atoms with van der Waals surface area (Å²) in [6.07, 6.45) is 3.49. The first kappa shape index (κ1) is 15.9. The van der Waals surface area contributed by atoms with Gasteiger partial charge >= 0.3 is 0 Å². The Kier molecular flexibility index (Phi) is 4.97. The third-order valence-electron chi connectivity index (χ3n) is 3.12. The summed E-state index contributed by atoms with van der Waals surface area (Å²) in [6, 6.07) is 8.67. The van der Waals surface area contributed by atoms with Crippen molar-refractivity contribution in [1.82, 2.24) is 4.57 Å². The van der Waals surface area contributed by atoms with Crippen LogP contribution in [-0.4, -0.2) is 24.3 Å². The Labute approximate surface area is 129 Å². The second kappa shape index (κ2) is 6.55. The molecule has 0 saturated carbocycles. The van der Waals surface area contributed by atoms with Gasteiger partial charge in [0.25, 0.3) is 10.0 Å². The molecule has 1 aromatic heterocycles. The molecule has 7 heteroatoms. The summed E-state index contributed by atoms with van der Waals surface area (Å²) in [4.78, 5) is 1.22. The van der Waals surface area contributed by atoms with Crippen LogP contribution >= 0.6 is 11.8 Å². The maximum atomic E-state index is 12.3. The molecule has 0 unspecified atom stereocenters. The van der Waals surface area contributed by atoms with Gasteiger partial charge in [-0.2, -0.15) is 0 Å². The molecule has 2 aromatic rings. The molecule has 0 fully saturated rings. The smallest absolute Gasteiger partial charge is 0.263 e. The average molecular weight is 326 g/mol. The molecule has 21 heavy (non-hydrogen) atoms. The molecular formula is C14H18N2O3S2. The van der Waals surface area contributed by atoms with Crippen molar-refractivity contribution in [3.8, 4) is 0 Å². The number of aliphatic hydroxyl groups is 1. The predicted octanol–water partition coefficient (Wildman–Crippen LogP) is 2.52. The number of rotatable bonds is 6. The summed E-state index contributed by atoms with van der Waals surface area (Å²) in [7, 11) is -3.64. The van der Waals surface area contributed by atoms with Crippen LogP contribution in [0, 0.1) is 0 Å². The van der Waals surface area contributed by atoms with E-state index in [4.69, 9.17) is 0 Å². The Morgan fingerprint density at radius 1 is 1.29 bits per heavy atom. The third kappa shape index (κ3) is 3.61. The lowest BCUT2D eigenvalue weighted by molar-refractivity contribution is 0.271. The summed E-state index contributed by atoms with van der Waals surface area (Å²) in [5.74, 6) is 0. The first-order chi connectivity index (χ1) is 10.00. The highest BCUT2D eigenvalue weighted by Gasteiger charge is 2.18. The molecule has 0 saturated heterocycles. The third-order valence-corrected chi connectivity index (χ3v) is 5.21. The minimum Gasteiger partial charge on any atom is -0.390 e. The van der Waals surface area contributed by atoms with Gasteiger partial charge in [-0.3, -0.25) is 4.72 Å². The Hall–Kier alpha value is -1.44. The number of aromatic nitrogens is 1. The summed E-state index contributed by atoms with van der Waals surface area (Å²) in [5.41, 5.74) is 1.10. The quantitative estimate of drug-likeness (QED) is 0.800. The number of sulfonamides is 1. The molecular weight excluding hydrogens is 308 g/mol. The first-order valence-corrected chi connectivity index (χ1v) is 9.17. The normalized spacial score (nSPS) is 11.6. The molecule has 114 valence electrons. The van der Waals surface area contributed by atoms with Crippen LogP contribution in [-0.2, 0) is 23.2 Å². The molecule has 0 aliphatic heterocycles. The van der Waals surface area contributed by atoms with Crippen molar-refractivity contribution in [3.63, 3.8) is 0 Å². The molecule has 5 nitrogen and oxygen atoms in total. The zero-order valence-corrected chi connectivity index (χ0v) is 13.5. The number of nitrogens with one attached hydrogen (secondary N) is 1. The first-order valence-electron chi connectivity index (χ1n) is 6.47. The van der Waals surface area contributed by atoms with E-state index in [1.165, 1.54) is 12.3 Å². The van der Waals surface area contributed by atoms with E-state index in [2.05, 4.69) is 4.72 Å². The number of hydrogen-bond acceptors (Lipinski definition) is 4. The van der Waals surface area contributed by atoms with E-state index in [0.717, 1.165) is 4.90 Å². The Bertz CT molecular complexity index is 685. The molecule has 1 heterocycles. The standard InChI is InChI=1S/C14H18N2O3S2/c1-3-16-9-14(8-12(16)10-17)21(18,19)15-11-4-6-13(20-2)7-5-11/h4-9,15,17H,3,10H2,1-2H3. The fraction of sp³-hybridized carbons (Fsp3) is 0.286. The summed E-state index contributed by atoms with van der Waals surface area (Å²) >= 11 is 1.59. The number of benzene rings is 1. The van der Waals surface area contributed by atoms with Gasteiger partial charge in [-0.05, 0) is 43.5 Å². The van der Waals surface area contributed by atoms with E-state index in [0.29, 0.717) is 17.9 Å². The van der Waals surface area contributed by atoms with E-state index in [9.17, 15) is 13.5 Å². The maximum Gasteiger partial charge on any atom is 0.263 e. The fourth-order valence-electron chi connectivity index (χ4n) is 1.97. The van der Waals surface area contributed by atoms with Gasteiger partial charge in [0.2, 0.25) is 0 Å². The van der Waals surface area contributed by atoms with Crippen molar-refractivity contribution < 1.29 is 13.5 Å². The Morgan fingerprint density at radius 3 is 2.43 bits per heavy atom. The lowest BCUT2D eigenvalue weighted by Gasteiger charge is -2.07. The van der Waals surface area contributed by atoms with Crippen LogP contribution in [0.25, 0.3) is 0 Å². The summed E-state index contributed by atoms with van der Waals surface area (Å²) < 4.78 is 28.9. The topological polar surface area (TPSA) is 71.3 Å². The molecule has 0 spiro atoms. The van der Waals surface area contributed by atoms with Crippen LogP contribution in [0.3, 0.4) is 0 Å². The van der Waals surface area contributed by atoms with Gasteiger partial charge in [0.15, 0.2) is 0 Å². The van der Waals surface area contributed by atoms with E-state index in [1.807, 2.05) is 25.3 Å². The van der Waals surface area contributed by atoms with Crippen LogP contribution < -0.4 is 4.72 Å². The van der Waals surface area contributed by atoms with Gasteiger partial charge in [-0.15, -0.1) is 11.8 Å². The lowest BCUT2D eigenvalue weighted by Crippen LogP contribution is -2.12. The molecule has 0 amide bonds. The van der Waals surface area contributed by atoms with Crippen LogP contribution in [0.15, 0.2) is 46.3 Å². The molecule has 2 N–H and O–H groups in total. The van der Waals surface area contributed by atoms with Crippen molar-refractivity contribution in [2.45, 2.75) is 29.9 Å². The minimum atomic E-state index is -3.64. The molecule has 0 bridgehead atoms. The fourth-order valence-corrected chi connectivity index (χ4v) is 3.50. The van der Waals surface area contributed by atoms with Crippen molar-refractivity contribution in [2.75, 3.05) is 11.0 Å². The van der Waals surface area contributed by atoms with Crippen LogP contribution in [0.5, 0.6) is 0 Å². The molecule has 2 rings (SSSR count). The highest BCUT2D eigenvalue weighted by Crippen LogP contribution is 2.21. The van der Waals surface area contributed by atoms with Crippen molar-refractivity contribution in [1.29, 1.82) is 0 Å². The lowest BCUT2D eigenvalue weighted by atomic mass is 10.3. The van der Waals surface area contributed by atoms with E-state index in [-0.39, 0.29) is 11.5 Å². The Balaban J connectivity index is 2.26. The average Bonchev–Trinajstić information content (AvgIpc) is 2.92. The molecule has 0 aliphatic rings. The van der Waals surface area contributed by atoms with Crippen molar-refractivity contribution in [3.05, 3.63) is 42.2 Å². The van der Waals surface area contributed by atoms with Crippen LogP contribution in [0.2, 0.25) is 0 Å². The Morgan fingerprint density at radius 2 is 1.95 bits per heavy atom. The summed E-state index contributed by atoms with van der Waals surface area (Å²) in [5, 5.41) is 9.24. The predicted molar refractivity (Wildman–Crippen MR) is 85.1 cm³/mol. The van der Waals surface area contributed by atoms with Crippen LogP contribution in [0.1, 0.15) is 12.6 Å². The highest BCUT2D eigenvalue weighted by atomic mass is 32.2. The van der Waals surface area contributed by atoms with E-state index >= 15 is 0 Å². The van der Waals surface area contributed by atoms with Crippen molar-refractivity contribution >= 4 is 27.5 Å². The second-order valence-corrected chi connectivity index (χ2v) is 7.01. The monoisotopic (exact) mass is 326 g/mol. The van der Waals surface area contributed by atoms with E-state index in [1.54, 1.807) is 28.5 Å². The minimum absolute atomic E-state index is 0.155. The van der Waals surface area contributed by atoms with Gasteiger partial charge in [-0.25, -0.2) is 8.42 Å². The number of aliphatic hydroxyl groups excluding tert-OH is 1. The van der Waals surface area contributed by atoms with E-state index < -0.39 is 10.0 Å². The number of anilines is 1.